The largest absolute Gasteiger partial charge is 0.380 e. The second-order valence-electron chi connectivity index (χ2n) is 12.7. The summed E-state index contributed by atoms with van der Waals surface area (Å²) in [6.45, 7) is 18.6. The van der Waals surface area contributed by atoms with E-state index in [-0.39, 0.29) is 17.1 Å². The molecule has 0 bridgehead atoms. The van der Waals surface area contributed by atoms with Crippen LogP contribution in [0.15, 0.2) is 30.5 Å². The minimum absolute atomic E-state index is 0.173. The first-order valence-corrected chi connectivity index (χ1v) is 16.9. The lowest BCUT2D eigenvalue weighted by Crippen LogP contribution is -2.47. The number of para-hydroxylation sites is 1. The van der Waals surface area contributed by atoms with Gasteiger partial charge in [0.2, 0.25) is 0 Å². The molecule has 1 aliphatic heterocycles. The van der Waals surface area contributed by atoms with Crippen molar-refractivity contribution in [2.75, 3.05) is 75.2 Å². The fourth-order valence-corrected chi connectivity index (χ4v) is 5.84. The molecule has 1 aliphatic rings. The number of hydrogen-bond acceptors (Lipinski definition) is 11. The summed E-state index contributed by atoms with van der Waals surface area (Å²) in [6.07, 6.45) is 3.24. The number of carbonyl (C=O) groups excluding carboxylic acids is 1. The first-order valence-electron chi connectivity index (χ1n) is 15.7. The van der Waals surface area contributed by atoms with Gasteiger partial charge in [0.25, 0.3) is 5.91 Å². The molecule has 0 spiro atoms. The molecule has 2 aromatic heterocycles. The fourth-order valence-electron chi connectivity index (χ4n) is 4.85. The number of piperazine rings is 1. The van der Waals surface area contributed by atoms with Crippen LogP contribution >= 0.6 is 22.9 Å². The van der Waals surface area contributed by atoms with Gasteiger partial charge < -0.3 is 29.7 Å². The van der Waals surface area contributed by atoms with E-state index in [0.717, 1.165) is 56.9 Å². The lowest BCUT2D eigenvalue weighted by Gasteiger charge is -2.35. The predicted octanol–water partition coefficient (Wildman–Crippen LogP) is 6.34. The molecule has 0 radical (unpaired) electrons. The highest BCUT2D eigenvalue weighted by atomic mass is 35.5. The van der Waals surface area contributed by atoms with Crippen molar-refractivity contribution in [3.05, 3.63) is 51.7 Å². The average Bonchev–Trinajstić information content (AvgIpc) is 3.47. The Balaban J connectivity index is 1.20. The highest BCUT2D eigenvalue weighted by molar-refractivity contribution is 7.17. The molecule has 3 heterocycles. The van der Waals surface area contributed by atoms with E-state index in [0.29, 0.717) is 52.2 Å². The van der Waals surface area contributed by atoms with Crippen molar-refractivity contribution in [3.8, 4) is 0 Å². The van der Waals surface area contributed by atoms with Crippen LogP contribution in [0.3, 0.4) is 0 Å². The van der Waals surface area contributed by atoms with E-state index >= 15 is 0 Å². The van der Waals surface area contributed by atoms with Crippen molar-refractivity contribution in [3.63, 3.8) is 0 Å². The first-order chi connectivity index (χ1) is 21.8. The standard InChI is InChI=1S/C33H48ClN7O4S/c1-23-9-8-10-25(34)29(23)39-30(42)26-22-35-31(46-26)38-27-21-28(37-24(2)36-27)41-15-13-40(14-16-41)17-20-44-18-11-33(5,6)45-19-12-32(3,4)43-7/h8-10,21-22H,11-20H2,1-7H3,(H,39,42)(H,35,36,37,38). The van der Waals surface area contributed by atoms with Gasteiger partial charge >= 0.3 is 0 Å². The molecular formula is C33H48ClN7O4S. The van der Waals surface area contributed by atoms with Crippen molar-refractivity contribution in [1.82, 2.24) is 19.9 Å². The molecule has 1 saturated heterocycles. The number of rotatable bonds is 16. The van der Waals surface area contributed by atoms with Crippen molar-refractivity contribution < 1.29 is 19.0 Å². The van der Waals surface area contributed by atoms with Gasteiger partial charge in [-0.3, -0.25) is 9.69 Å². The number of hydrogen-bond donors (Lipinski definition) is 2. The van der Waals surface area contributed by atoms with Gasteiger partial charge in [-0.2, -0.15) is 0 Å². The lowest BCUT2D eigenvalue weighted by atomic mass is 10.0. The van der Waals surface area contributed by atoms with Gasteiger partial charge in [-0.15, -0.1) is 0 Å². The molecule has 11 nitrogen and oxygen atoms in total. The number of carbonyl (C=O) groups is 1. The molecular weight excluding hydrogens is 626 g/mol. The van der Waals surface area contributed by atoms with E-state index in [2.05, 4.69) is 63.1 Å². The second-order valence-corrected chi connectivity index (χ2v) is 14.2. The third-order valence-corrected chi connectivity index (χ3v) is 9.32. The number of benzene rings is 1. The number of methoxy groups -OCH3 is 1. The van der Waals surface area contributed by atoms with Gasteiger partial charge in [0.1, 0.15) is 22.3 Å². The minimum Gasteiger partial charge on any atom is -0.380 e. The molecule has 0 unspecified atom stereocenters. The Labute approximate surface area is 282 Å². The molecule has 252 valence electrons. The number of nitrogens with one attached hydrogen (secondary N) is 2. The van der Waals surface area contributed by atoms with Gasteiger partial charge in [-0.25, -0.2) is 15.0 Å². The van der Waals surface area contributed by atoms with Crippen molar-refractivity contribution in [2.24, 2.45) is 0 Å². The summed E-state index contributed by atoms with van der Waals surface area (Å²) in [5.74, 6) is 1.90. The van der Waals surface area contributed by atoms with Crippen LogP contribution in [0.25, 0.3) is 0 Å². The van der Waals surface area contributed by atoms with E-state index in [1.54, 1.807) is 19.4 Å². The van der Waals surface area contributed by atoms with Crippen LogP contribution in [0.4, 0.5) is 22.5 Å². The monoisotopic (exact) mass is 673 g/mol. The Kier molecular flexibility index (Phi) is 12.7. The average molecular weight is 674 g/mol. The number of anilines is 4. The van der Waals surface area contributed by atoms with Gasteiger partial charge in [0.05, 0.1) is 41.3 Å². The summed E-state index contributed by atoms with van der Waals surface area (Å²) < 4.78 is 17.5. The second kappa shape index (κ2) is 16.3. The summed E-state index contributed by atoms with van der Waals surface area (Å²) in [7, 11) is 1.74. The fraction of sp³-hybridized carbons (Fsp3) is 0.576. The van der Waals surface area contributed by atoms with Gasteiger partial charge in [-0.05, 0) is 66.0 Å². The molecule has 4 rings (SSSR count). The smallest absolute Gasteiger partial charge is 0.267 e. The third-order valence-electron chi connectivity index (χ3n) is 8.10. The SMILES string of the molecule is COC(C)(C)CCOC(C)(C)CCOCCN1CCN(c2cc(Nc3ncc(C(=O)Nc4c(C)cccc4Cl)s3)nc(C)n2)CC1. The van der Waals surface area contributed by atoms with Crippen LogP contribution < -0.4 is 15.5 Å². The zero-order valence-corrected chi connectivity index (χ0v) is 29.7. The van der Waals surface area contributed by atoms with E-state index in [4.69, 9.17) is 25.8 Å². The highest BCUT2D eigenvalue weighted by Crippen LogP contribution is 2.28. The van der Waals surface area contributed by atoms with E-state index in [1.165, 1.54) is 11.3 Å². The zero-order chi connectivity index (χ0) is 33.3. The molecule has 1 aromatic carbocycles. The lowest BCUT2D eigenvalue weighted by molar-refractivity contribution is -0.0702. The minimum atomic E-state index is -0.264. The van der Waals surface area contributed by atoms with Crippen LogP contribution in [-0.4, -0.2) is 96.6 Å². The number of ether oxygens (including phenoxy) is 3. The Morgan fingerprint density at radius 2 is 1.76 bits per heavy atom. The van der Waals surface area contributed by atoms with Crippen LogP contribution in [0, 0.1) is 13.8 Å². The Morgan fingerprint density at radius 1 is 1.02 bits per heavy atom. The first kappa shape index (κ1) is 36.0. The Morgan fingerprint density at radius 3 is 2.48 bits per heavy atom. The Bertz CT molecular complexity index is 1420. The summed E-state index contributed by atoms with van der Waals surface area (Å²) >= 11 is 7.53. The zero-order valence-electron chi connectivity index (χ0n) is 28.1. The maximum atomic E-state index is 12.9. The topological polar surface area (TPSA) is 114 Å². The molecule has 0 saturated carbocycles. The van der Waals surface area contributed by atoms with E-state index in [9.17, 15) is 4.79 Å². The van der Waals surface area contributed by atoms with E-state index in [1.807, 2.05) is 32.0 Å². The molecule has 0 atom stereocenters. The van der Waals surface area contributed by atoms with Crippen molar-refractivity contribution >= 4 is 51.3 Å². The molecule has 13 heteroatoms. The summed E-state index contributed by atoms with van der Waals surface area (Å²) in [5.41, 5.74) is 1.09. The molecule has 3 aromatic rings. The maximum Gasteiger partial charge on any atom is 0.267 e. The Hall–Kier alpha value is -2.87. The van der Waals surface area contributed by atoms with Crippen LogP contribution in [0.1, 0.15) is 61.6 Å². The quantitative estimate of drug-likeness (QED) is 0.167. The summed E-state index contributed by atoms with van der Waals surface area (Å²) in [4.78, 5) is 31.6. The molecule has 46 heavy (non-hydrogen) atoms. The number of nitrogens with zero attached hydrogens (tertiary/aromatic N) is 5. The molecule has 2 N–H and O–H groups in total. The number of halogens is 1. The number of amides is 1. The van der Waals surface area contributed by atoms with E-state index < -0.39 is 0 Å². The number of thiazole rings is 1. The normalized spacial score (nSPS) is 14.5. The maximum absolute atomic E-state index is 12.9. The van der Waals surface area contributed by atoms with Gasteiger partial charge in [-0.1, -0.05) is 35.1 Å². The summed E-state index contributed by atoms with van der Waals surface area (Å²) in [6, 6.07) is 7.43. The molecule has 1 amide bonds. The van der Waals surface area contributed by atoms with Crippen LogP contribution in [0.5, 0.6) is 0 Å². The molecule has 0 aliphatic carbocycles. The third kappa shape index (κ3) is 10.9. The number of aryl methyl sites for hydroxylation is 2. The van der Waals surface area contributed by atoms with Gasteiger partial charge in [0.15, 0.2) is 5.13 Å². The summed E-state index contributed by atoms with van der Waals surface area (Å²) in [5, 5.41) is 7.20. The van der Waals surface area contributed by atoms with Crippen molar-refractivity contribution in [1.29, 1.82) is 0 Å². The van der Waals surface area contributed by atoms with Crippen LogP contribution in [0.2, 0.25) is 5.02 Å². The predicted molar refractivity (Wildman–Crippen MR) is 186 cm³/mol. The van der Waals surface area contributed by atoms with Crippen molar-refractivity contribution in [2.45, 2.75) is 65.6 Å². The molecule has 1 fully saturated rings. The number of aromatic nitrogens is 3. The highest BCUT2D eigenvalue weighted by Gasteiger charge is 2.23. The van der Waals surface area contributed by atoms with Crippen LogP contribution in [-0.2, 0) is 14.2 Å². The van der Waals surface area contributed by atoms with Gasteiger partial charge in [0, 0.05) is 52.5 Å².